The van der Waals surface area contributed by atoms with Crippen LogP contribution >= 0.6 is 0 Å². The number of aromatic amines is 1. The van der Waals surface area contributed by atoms with E-state index in [1.807, 2.05) is 0 Å². The molecule has 3 saturated carbocycles. The van der Waals surface area contributed by atoms with Gasteiger partial charge in [-0.2, -0.15) is 0 Å². The van der Waals surface area contributed by atoms with Gasteiger partial charge in [0.15, 0.2) is 0 Å². The molecule has 1 aromatic rings. The number of nitrogens with zero attached hydrogens (tertiary/aromatic N) is 1. The zero-order valence-electron chi connectivity index (χ0n) is 10.5. The lowest BCUT2D eigenvalue weighted by atomic mass is 10.0. The minimum Gasteiger partial charge on any atom is -0.369 e. The third kappa shape index (κ3) is 1.93. The number of anilines is 1. The Balaban J connectivity index is 1.48. The van der Waals surface area contributed by atoms with Crippen LogP contribution in [0, 0.1) is 11.3 Å². The first-order valence-electron chi connectivity index (χ1n) is 7.10. The fourth-order valence-electron chi connectivity index (χ4n) is 2.97. The fourth-order valence-corrected chi connectivity index (χ4v) is 2.97. The van der Waals surface area contributed by atoms with Gasteiger partial charge >= 0.3 is 0 Å². The van der Waals surface area contributed by atoms with Crippen molar-refractivity contribution in [2.24, 2.45) is 11.3 Å². The molecule has 0 amide bonds. The number of hydrogen-bond donors (Lipinski definition) is 2. The maximum absolute atomic E-state index is 11.6. The van der Waals surface area contributed by atoms with Gasteiger partial charge in [0.25, 0.3) is 5.56 Å². The van der Waals surface area contributed by atoms with Crippen LogP contribution in [0.25, 0.3) is 0 Å². The lowest BCUT2D eigenvalue weighted by molar-refractivity contribution is 0.466. The van der Waals surface area contributed by atoms with E-state index in [0.717, 1.165) is 24.1 Å². The molecule has 4 rings (SSSR count). The molecule has 4 nitrogen and oxygen atoms in total. The van der Waals surface area contributed by atoms with E-state index >= 15 is 0 Å². The number of H-pyrrole nitrogens is 1. The molecule has 1 aromatic heterocycles. The summed E-state index contributed by atoms with van der Waals surface area (Å²) in [5.41, 5.74) is 0.523. The molecule has 0 bridgehead atoms. The summed E-state index contributed by atoms with van der Waals surface area (Å²) in [6.07, 6.45) is 7.83. The van der Waals surface area contributed by atoms with Gasteiger partial charge in [0, 0.05) is 18.5 Å². The molecule has 0 atom stereocenters. The lowest BCUT2D eigenvalue weighted by Gasteiger charge is -2.15. The summed E-state index contributed by atoms with van der Waals surface area (Å²) in [7, 11) is 0. The van der Waals surface area contributed by atoms with E-state index < -0.39 is 0 Å². The van der Waals surface area contributed by atoms with E-state index in [2.05, 4.69) is 15.3 Å². The summed E-state index contributed by atoms with van der Waals surface area (Å²) in [5, 5.41) is 3.40. The highest BCUT2D eigenvalue weighted by molar-refractivity contribution is 5.35. The quantitative estimate of drug-likeness (QED) is 0.836. The second-order valence-corrected chi connectivity index (χ2v) is 6.28. The minimum absolute atomic E-state index is 0.0225. The third-order valence-electron chi connectivity index (χ3n) is 4.68. The molecule has 3 fully saturated rings. The molecule has 0 spiro atoms. The molecular weight excluding hydrogens is 226 g/mol. The van der Waals surface area contributed by atoms with Crippen LogP contribution in [0.4, 0.5) is 5.82 Å². The van der Waals surface area contributed by atoms with Crippen LogP contribution < -0.4 is 10.9 Å². The Morgan fingerprint density at radius 1 is 1.33 bits per heavy atom. The molecule has 1 heterocycles. The zero-order chi connectivity index (χ0) is 12.2. The van der Waals surface area contributed by atoms with Crippen LogP contribution in [0.15, 0.2) is 10.9 Å². The van der Waals surface area contributed by atoms with Crippen molar-refractivity contribution >= 4 is 5.82 Å². The van der Waals surface area contributed by atoms with Crippen molar-refractivity contribution in [2.75, 3.05) is 11.9 Å². The van der Waals surface area contributed by atoms with Crippen LogP contribution in [0.5, 0.6) is 0 Å². The van der Waals surface area contributed by atoms with Gasteiger partial charge in [0.1, 0.15) is 11.6 Å². The Labute approximate surface area is 106 Å². The summed E-state index contributed by atoms with van der Waals surface area (Å²) in [6.45, 7) is 0.998. The van der Waals surface area contributed by atoms with Crippen molar-refractivity contribution in [3.8, 4) is 0 Å². The van der Waals surface area contributed by atoms with E-state index in [-0.39, 0.29) is 5.56 Å². The maximum Gasteiger partial charge on any atom is 0.252 e. The Morgan fingerprint density at radius 3 is 2.72 bits per heavy atom. The smallest absolute Gasteiger partial charge is 0.252 e. The molecule has 0 radical (unpaired) electrons. The van der Waals surface area contributed by atoms with Gasteiger partial charge in [-0.25, -0.2) is 4.98 Å². The predicted molar refractivity (Wildman–Crippen MR) is 69.7 cm³/mol. The monoisotopic (exact) mass is 245 g/mol. The molecule has 0 saturated heterocycles. The zero-order valence-corrected chi connectivity index (χ0v) is 10.5. The number of rotatable bonds is 5. The lowest BCUT2D eigenvalue weighted by Crippen LogP contribution is -2.20. The molecule has 4 heteroatoms. The third-order valence-corrected chi connectivity index (χ3v) is 4.68. The summed E-state index contributed by atoms with van der Waals surface area (Å²) in [5.74, 6) is 3.08. The number of hydrogen-bond acceptors (Lipinski definition) is 3. The average Bonchev–Trinajstić information content (AvgIpc) is 3.24. The van der Waals surface area contributed by atoms with Crippen LogP contribution in [-0.2, 0) is 0 Å². The summed E-state index contributed by atoms with van der Waals surface area (Å²) >= 11 is 0. The van der Waals surface area contributed by atoms with Crippen molar-refractivity contribution in [3.63, 3.8) is 0 Å². The van der Waals surface area contributed by atoms with Crippen LogP contribution in [0.1, 0.15) is 50.3 Å². The minimum atomic E-state index is -0.0225. The Kier molecular flexibility index (Phi) is 2.11. The van der Waals surface area contributed by atoms with Crippen molar-refractivity contribution in [2.45, 2.75) is 44.4 Å². The summed E-state index contributed by atoms with van der Waals surface area (Å²) < 4.78 is 0. The fraction of sp³-hybridized carbons (Fsp3) is 0.714. The summed E-state index contributed by atoms with van der Waals surface area (Å²) in [4.78, 5) is 19.0. The van der Waals surface area contributed by atoms with Gasteiger partial charge < -0.3 is 10.3 Å². The van der Waals surface area contributed by atoms with Crippen molar-refractivity contribution in [1.82, 2.24) is 9.97 Å². The second kappa shape index (κ2) is 3.59. The molecule has 2 N–H and O–H groups in total. The first kappa shape index (κ1) is 10.6. The Morgan fingerprint density at radius 2 is 2.11 bits per heavy atom. The highest BCUT2D eigenvalue weighted by Crippen LogP contribution is 2.61. The van der Waals surface area contributed by atoms with Crippen LogP contribution in [0.3, 0.4) is 0 Å². The molecule has 18 heavy (non-hydrogen) atoms. The van der Waals surface area contributed by atoms with Crippen molar-refractivity contribution in [3.05, 3.63) is 22.2 Å². The first-order chi connectivity index (χ1) is 8.75. The largest absolute Gasteiger partial charge is 0.369 e. The predicted octanol–water partition coefficient (Wildman–Crippen LogP) is 2.25. The number of nitrogens with one attached hydrogen (secondary N) is 2. The summed E-state index contributed by atoms with van der Waals surface area (Å²) in [6, 6.07) is 1.59. The molecule has 0 unspecified atom stereocenters. The van der Waals surface area contributed by atoms with Gasteiger partial charge in [-0.1, -0.05) is 0 Å². The van der Waals surface area contributed by atoms with Crippen molar-refractivity contribution in [1.29, 1.82) is 0 Å². The normalized spacial score (nSPS) is 24.9. The molecular formula is C14H19N3O. The van der Waals surface area contributed by atoms with E-state index in [0.29, 0.717) is 11.3 Å². The molecule has 0 aliphatic heterocycles. The Hall–Kier alpha value is -1.32. The molecule has 0 aromatic carbocycles. The highest BCUT2D eigenvalue weighted by atomic mass is 16.1. The van der Waals surface area contributed by atoms with Gasteiger partial charge in [0.05, 0.1) is 0 Å². The van der Waals surface area contributed by atoms with E-state index in [4.69, 9.17) is 0 Å². The molecule has 96 valence electrons. The standard InChI is InChI=1S/C14H19N3O/c18-12-7-11(16-13(17-12)9-1-2-9)15-8-14(5-6-14)10-3-4-10/h7,9-10H,1-6,8H2,(H2,15,16,17,18). The topological polar surface area (TPSA) is 57.8 Å². The van der Waals surface area contributed by atoms with Gasteiger partial charge in [-0.15, -0.1) is 0 Å². The average molecular weight is 245 g/mol. The van der Waals surface area contributed by atoms with E-state index in [1.165, 1.54) is 38.5 Å². The van der Waals surface area contributed by atoms with E-state index in [9.17, 15) is 4.79 Å². The first-order valence-corrected chi connectivity index (χ1v) is 7.10. The highest BCUT2D eigenvalue weighted by Gasteiger charge is 2.53. The molecule has 3 aliphatic rings. The Bertz CT molecular complexity index is 524. The van der Waals surface area contributed by atoms with Gasteiger partial charge in [-0.3, -0.25) is 4.79 Å². The SMILES string of the molecule is O=c1cc(NCC2(C3CC3)CC2)nc(C2CC2)[nH]1. The molecule has 3 aliphatic carbocycles. The second-order valence-electron chi connectivity index (χ2n) is 6.28. The maximum atomic E-state index is 11.6. The van der Waals surface area contributed by atoms with Crippen LogP contribution in [-0.4, -0.2) is 16.5 Å². The number of aromatic nitrogens is 2. The van der Waals surface area contributed by atoms with E-state index in [1.54, 1.807) is 6.07 Å². The van der Waals surface area contributed by atoms with Crippen LogP contribution in [0.2, 0.25) is 0 Å². The van der Waals surface area contributed by atoms with Gasteiger partial charge in [0.2, 0.25) is 0 Å². The van der Waals surface area contributed by atoms with Crippen molar-refractivity contribution < 1.29 is 0 Å². The van der Waals surface area contributed by atoms with Gasteiger partial charge in [-0.05, 0) is 49.9 Å².